The van der Waals surface area contributed by atoms with Crippen molar-refractivity contribution in [2.24, 2.45) is 17.8 Å². The first kappa shape index (κ1) is 26.0. The molecule has 0 radical (unpaired) electrons. The molecule has 8 heteroatoms. The van der Waals surface area contributed by atoms with Crippen LogP contribution in [0.25, 0.3) is 0 Å². The van der Waals surface area contributed by atoms with Gasteiger partial charge >= 0.3 is 6.03 Å². The smallest absolute Gasteiger partial charge is 0.323 e. The predicted octanol–water partition coefficient (Wildman–Crippen LogP) is 5.46. The number of likely N-dealkylation sites (tertiary alicyclic amines) is 1. The van der Waals surface area contributed by atoms with E-state index in [2.05, 4.69) is 55.4 Å². The summed E-state index contributed by atoms with van der Waals surface area (Å²) in [6, 6.07) is 6.54. The van der Waals surface area contributed by atoms with Crippen LogP contribution in [0.15, 0.2) is 36.9 Å². The third-order valence-corrected chi connectivity index (χ3v) is 8.99. The normalized spacial score (nSPS) is 24.8. The van der Waals surface area contributed by atoms with Gasteiger partial charge in [0.1, 0.15) is 23.8 Å². The summed E-state index contributed by atoms with van der Waals surface area (Å²) in [6.45, 7) is 9.58. The van der Waals surface area contributed by atoms with Crippen molar-refractivity contribution in [2.45, 2.75) is 84.1 Å². The Morgan fingerprint density at radius 3 is 2.49 bits per heavy atom. The largest absolute Gasteiger partial charge is 0.329 e. The van der Waals surface area contributed by atoms with Crippen molar-refractivity contribution in [3.05, 3.63) is 65.3 Å². The van der Waals surface area contributed by atoms with Crippen LogP contribution in [-0.2, 0) is 11.2 Å². The summed E-state index contributed by atoms with van der Waals surface area (Å²) in [5.41, 5.74) is 3.38. The summed E-state index contributed by atoms with van der Waals surface area (Å²) in [6.07, 6.45) is 11.0. The van der Waals surface area contributed by atoms with E-state index in [1.807, 2.05) is 0 Å². The van der Waals surface area contributed by atoms with E-state index in [0.29, 0.717) is 37.4 Å². The van der Waals surface area contributed by atoms with E-state index in [-0.39, 0.29) is 23.7 Å². The summed E-state index contributed by atoms with van der Waals surface area (Å²) in [7, 11) is 0. The molecule has 2 aliphatic carbocycles. The highest BCUT2D eigenvalue weighted by Crippen LogP contribution is 2.48. The molecule has 3 fully saturated rings. The van der Waals surface area contributed by atoms with Gasteiger partial charge in [0.05, 0.1) is 0 Å². The minimum atomic E-state index is -0.317. The lowest BCUT2D eigenvalue weighted by Gasteiger charge is -2.36. The first-order valence-electron chi connectivity index (χ1n) is 14.6. The van der Waals surface area contributed by atoms with Crippen LogP contribution >= 0.6 is 0 Å². The summed E-state index contributed by atoms with van der Waals surface area (Å²) in [5.74, 6) is 3.63. The Balaban J connectivity index is 1.29. The van der Waals surface area contributed by atoms with E-state index in [4.69, 9.17) is 10.2 Å². The van der Waals surface area contributed by atoms with Gasteiger partial charge in [-0.25, -0.2) is 9.78 Å². The molecule has 0 spiro atoms. The van der Waals surface area contributed by atoms with E-state index in [9.17, 15) is 9.59 Å². The highest BCUT2D eigenvalue weighted by atomic mass is 16.2. The van der Waals surface area contributed by atoms with Gasteiger partial charge in [-0.3, -0.25) is 9.36 Å². The summed E-state index contributed by atoms with van der Waals surface area (Å²) >= 11 is 0. The lowest BCUT2D eigenvalue weighted by molar-refractivity contribution is -0.122. The van der Waals surface area contributed by atoms with Crippen molar-refractivity contribution < 1.29 is 9.59 Å². The Kier molecular flexibility index (Phi) is 6.89. The Bertz CT molecular complexity index is 1350. The van der Waals surface area contributed by atoms with E-state index in [1.54, 1.807) is 17.3 Å². The molecule has 0 unspecified atom stereocenters. The first-order chi connectivity index (χ1) is 18.8. The Morgan fingerprint density at radius 1 is 1.05 bits per heavy atom. The molecular weight excluding hydrogens is 488 g/mol. The summed E-state index contributed by atoms with van der Waals surface area (Å²) in [5, 5.41) is 9.54. The maximum Gasteiger partial charge on any atom is 0.329 e. The number of carbonyl (C=O) groups is 2. The topological polar surface area (TPSA) is 85.9 Å². The Hall–Kier alpha value is -3.29. The van der Waals surface area contributed by atoms with Crippen molar-refractivity contribution in [1.29, 1.82) is 0 Å². The first-order valence-corrected chi connectivity index (χ1v) is 14.6. The SMILES string of the molecule is Cc1ccc(CC(=O)[C@H]2CN(C(=O)n3ccnc3)C[C@@H]2c2nnc(C3CC(CC(C)C)C3)n2C2CC2)c(C)c1. The molecule has 3 aliphatic rings. The number of imidazole rings is 1. The van der Waals surface area contributed by atoms with E-state index < -0.39 is 0 Å². The fraction of sp³-hybridized carbons (Fsp3) is 0.581. The number of aromatic nitrogens is 5. The van der Waals surface area contributed by atoms with Crippen LogP contribution in [0.2, 0.25) is 0 Å². The second-order valence-corrected chi connectivity index (χ2v) is 12.6. The van der Waals surface area contributed by atoms with Crippen LogP contribution in [-0.4, -0.2) is 54.1 Å². The molecule has 1 aliphatic heterocycles. The fourth-order valence-corrected chi connectivity index (χ4v) is 6.81. The average molecular weight is 529 g/mol. The molecule has 39 heavy (non-hydrogen) atoms. The van der Waals surface area contributed by atoms with E-state index >= 15 is 0 Å². The Labute approximate surface area is 230 Å². The summed E-state index contributed by atoms with van der Waals surface area (Å²) in [4.78, 5) is 33.1. The summed E-state index contributed by atoms with van der Waals surface area (Å²) < 4.78 is 3.87. The van der Waals surface area contributed by atoms with Gasteiger partial charge in [0.15, 0.2) is 0 Å². The van der Waals surface area contributed by atoms with Crippen LogP contribution in [0.4, 0.5) is 4.79 Å². The molecule has 1 aromatic carbocycles. The van der Waals surface area contributed by atoms with Gasteiger partial charge < -0.3 is 9.47 Å². The molecule has 3 heterocycles. The number of Topliss-reactive ketones (excluding diaryl/α,β-unsaturated/α-hetero) is 1. The van der Waals surface area contributed by atoms with E-state index in [0.717, 1.165) is 41.5 Å². The molecule has 3 aromatic rings. The third-order valence-electron chi connectivity index (χ3n) is 8.99. The van der Waals surface area contributed by atoms with Gasteiger partial charge in [-0.1, -0.05) is 37.6 Å². The van der Waals surface area contributed by atoms with Crippen molar-refractivity contribution in [3.63, 3.8) is 0 Å². The zero-order chi connectivity index (χ0) is 27.3. The quantitative estimate of drug-likeness (QED) is 0.387. The lowest BCUT2D eigenvalue weighted by Crippen LogP contribution is -2.33. The molecule has 6 rings (SSSR count). The van der Waals surface area contributed by atoms with Gasteiger partial charge in [-0.2, -0.15) is 0 Å². The second kappa shape index (κ2) is 10.4. The standard InChI is InChI=1S/C31H40N6O2/c1-19(2)11-22-13-24(14-22)29-33-34-30(37(29)25-7-8-25)27-17-36(31(39)35-10-9-32-18-35)16-26(27)28(38)15-23-6-5-20(3)12-21(23)4/h5-6,9-10,12,18-19,22,24-27H,7-8,11,13-17H2,1-4H3/t22?,24?,26-,27-/m0/s1. The maximum absolute atomic E-state index is 13.9. The number of rotatable bonds is 8. The van der Waals surface area contributed by atoms with Crippen LogP contribution in [0.3, 0.4) is 0 Å². The van der Waals surface area contributed by atoms with Crippen molar-refractivity contribution >= 4 is 11.8 Å². The number of carbonyl (C=O) groups excluding carboxylic acids is 2. The molecular formula is C31H40N6O2. The monoisotopic (exact) mass is 528 g/mol. The van der Waals surface area contributed by atoms with E-state index in [1.165, 1.54) is 35.7 Å². The van der Waals surface area contributed by atoms with Gasteiger partial charge in [-0.05, 0) is 68.9 Å². The third kappa shape index (κ3) is 5.18. The molecule has 2 saturated carbocycles. The fourth-order valence-electron chi connectivity index (χ4n) is 6.81. The highest BCUT2D eigenvalue weighted by molar-refractivity contribution is 5.86. The van der Waals surface area contributed by atoms with Crippen molar-refractivity contribution in [2.75, 3.05) is 13.1 Å². The second-order valence-electron chi connectivity index (χ2n) is 12.6. The minimum absolute atomic E-state index is 0.146. The highest BCUT2D eigenvalue weighted by Gasteiger charge is 2.46. The molecule has 0 N–H and O–H groups in total. The zero-order valence-corrected chi connectivity index (χ0v) is 23.6. The molecule has 8 nitrogen and oxygen atoms in total. The number of aryl methyl sites for hydroxylation is 2. The molecule has 1 amide bonds. The predicted molar refractivity (Wildman–Crippen MR) is 149 cm³/mol. The average Bonchev–Trinajstić information content (AvgIpc) is 3.25. The van der Waals surface area contributed by atoms with Crippen LogP contribution < -0.4 is 0 Å². The lowest BCUT2D eigenvalue weighted by atomic mass is 9.71. The van der Waals surface area contributed by atoms with Gasteiger partial charge in [0.25, 0.3) is 0 Å². The number of nitrogens with zero attached hydrogens (tertiary/aromatic N) is 6. The number of hydrogen-bond donors (Lipinski definition) is 0. The van der Waals surface area contributed by atoms with Gasteiger partial charge in [-0.15, -0.1) is 10.2 Å². The zero-order valence-electron chi connectivity index (χ0n) is 23.6. The maximum atomic E-state index is 13.9. The number of benzene rings is 1. The van der Waals surface area contributed by atoms with Crippen LogP contribution in [0.5, 0.6) is 0 Å². The Morgan fingerprint density at radius 2 is 1.82 bits per heavy atom. The number of hydrogen-bond acceptors (Lipinski definition) is 5. The molecule has 2 aromatic heterocycles. The molecule has 2 atom stereocenters. The van der Waals surface area contributed by atoms with Crippen molar-refractivity contribution in [3.8, 4) is 0 Å². The minimum Gasteiger partial charge on any atom is -0.323 e. The number of ketones is 1. The van der Waals surface area contributed by atoms with Crippen LogP contribution in [0.1, 0.15) is 92.2 Å². The molecule has 206 valence electrons. The number of amides is 1. The van der Waals surface area contributed by atoms with Gasteiger partial charge in [0.2, 0.25) is 0 Å². The molecule has 1 saturated heterocycles. The van der Waals surface area contributed by atoms with Crippen molar-refractivity contribution in [1.82, 2.24) is 29.2 Å². The van der Waals surface area contributed by atoms with Crippen LogP contribution in [0, 0.1) is 31.6 Å². The van der Waals surface area contributed by atoms with Gasteiger partial charge in [0, 0.05) is 55.7 Å². The molecule has 0 bridgehead atoms.